The van der Waals surface area contributed by atoms with Gasteiger partial charge in [0.25, 0.3) is 5.69 Å². The van der Waals surface area contributed by atoms with E-state index in [1.807, 2.05) is 19.1 Å². The molecule has 6 nitrogen and oxygen atoms in total. The van der Waals surface area contributed by atoms with Crippen LogP contribution in [0.25, 0.3) is 0 Å². The number of ether oxygens (including phenoxy) is 1. The van der Waals surface area contributed by atoms with Gasteiger partial charge >= 0.3 is 5.97 Å². The van der Waals surface area contributed by atoms with Crippen LogP contribution >= 0.6 is 11.8 Å². The number of nitro benzene ring substituents is 1. The lowest BCUT2D eigenvalue weighted by molar-refractivity contribution is -0.384. The van der Waals surface area contributed by atoms with Gasteiger partial charge in [-0.15, -0.1) is 11.8 Å². The van der Waals surface area contributed by atoms with Crippen LogP contribution in [0.15, 0.2) is 53.4 Å². The zero-order chi connectivity index (χ0) is 19.1. The Bertz CT molecular complexity index is 787. The lowest BCUT2D eigenvalue weighted by atomic mass is 10.0. The third-order valence-electron chi connectivity index (χ3n) is 3.73. The average Bonchev–Trinajstić information content (AvgIpc) is 2.66. The molecule has 0 saturated heterocycles. The van der Waals surface area contributed by atoms with Crippen molar-refractivity contribution in [3.8, 4) is 0 Å². The summed E-state index contributed by atoms with van der Waals surface area (Å²) in [6.45, 7) is 3.58. The molecule has 26 heavy (non-hydrogen) atoms. The van der Waals surface area contributed by atoms with Crippen LogP contribution in [0.2, 0.25) is 0 Å². The fourth-order valence-corrected chi connectivity index (χ4v) is 2.91. The monoisotopic (exact) mass is 373 g/mol. The lowest BCUT2D eigenvalue weighted by Crippen LogP contribution is -2.25. The third-order valence-corrected chi connectivity index (χ3v) is 4.71. The van der Waals surface area contributed by atoms with Crippen molar-refractivity contribution in [2.75, 3.05) is 5.75 Å². The highest BCUT2D eigenvalue weighted by Crippen LogP contribution is 2.21. The molecule has 136 valence electrons. The largest absolute Gasteiger partial charge is 0.454 e. The molecule has 0 fully saturated rings. The Morgan fingerprint density at radius 2 is 1.73 bits per heavy atom. The van der Waals surface area contributed by atoms with Crippen LogP contribution in [0.1, 0.15) is 29.8 Å². The van der Waals surface area contributed by atoms with Crippen molar-refractivity contribution >= 4 is 29.2 Å². The van der Waals surface area contributed by atoms with E-state index in [0.717, 1.165) is 12.0 Å². The molecule has 1 atom stereocenters. The molecule has 0 saturated carbocycles. The Morgan fingerprint density at radius 1 is 1.12 bits per heavy atom. The topological polar surface area (TPSA) is 86.5 Å². The maximum atomic E-state index is 12.3. The molecule has 2 aromatic rings. The number of aryl methyl sites for hydroxylation is 1. The SMILES string of the molecule is CCc1ccc(C(=O)[C@H](C)OC(=O)CSc2ccc([N+](=O)[O-])cc2)cc1. The molecule has 0 amide bonds. The van der Waals surface area contributed by atoms with Crippen molar-refractivity contribution in [3.05, 3.63) is 69.8 Å². The number of non-ortho nitro benzene ring substituents is 1. The van der Waals surface area contributed by atoms with E-state index in [1.165, 1.54) is 23.9 Å². The van der Waals surface area contributed by atoms with E-state index in [0.29, 0.717) is 10.5 Å². The first kappa shape index (κ1) is 19.7. The standard InChI is InChI=1S/C19H19NO5S/c1-3-14-4-6-15(7-5-14)19(22)13(2)25-18(21)12-26-17-10-8-16(9-11-17)20(23)24/h4-11,13H,3,12H2,1-2H3/t13-/m0/s1. The maximum absolute atomic E-state index is 12.3. The third kappa shape index (κ3) is 5.42. The Balaban J connectivity index is 1.85. The number of rotatable bonds is 8. The summed E-state index contributed by atoms with van der Waals surface area (Å²) in [5.41, 5.74) is 1.63. The molecule has 2 aromatic carbocycles. The van der Waals surface area contributed by atoms with E-state index in [2.05, 4.69) is 0 Å². The first-order valence-electron chi connectivity index (χ1n) is 8.10. The Kier molecular flexibility index (Phi) is 6.91. The van der Waals surface area contributed by atoms with Gasteiger partial charge < -0.3 is 4.74 Å². The van der Waals surface area contributed by atoms with Crippen molar-refractivity contribution in [2.24, 2.45) is 0 Å². The molecule has 0 aliphatic rings. The van der Waals surface area contributed by atoms with Crippen LogP contribution in [-0.2, 0) is 16.0 Å². The number of hydrogen-bond donors (Lipinski definition) is 0. The summed E-state index contributed by atoms with van der Waals surface area (Å²) in [5, 5.41) is 10.6. The van der Waals surface area contributed by atoms with Gasteiger partial charge in [0.15, 0.2) is 6.10 Å². The molecule has 0 aliphatic heterocycles. The lowest BCUT2D eigenvalue weighted by Gasteiger charge is -2.12. The number of nitrogens with zero attached hydrogens (tertiary/aromatic N) is 1. The molecule has 0 spiro atoms. The van der Waals surface area contributed by atoms with Crippen LogP contribution in [0.5, 0.6) is 0 Å². The average molecular weight is 373 g/mol. The van der Waals surface area contributed by atoms with E-state index in [9.17, 15) is 19.7 Å². The number of benzene rings is 2. The molecule has 0 unspecified atom stereocenters. The fraction of sp³-hybridized carbons (Fsp3) is 0.263. The van der Waals surface area contributed by atoms with Crippen molar-refractivity contribution in [2.45, 2.75) is 31.3 Å². The summed E-state index contributed by atoms with van der Waals surface area (Å²) in [5.74, 6) is -0.745. The molecule has 0 bridgehead atoms. The molecule has 0 radical (unpaired) electrons. The van der Waals surface area contributed by atoms with Gasteiger partial charge in [-0.1, -0.05) is 31.2 Å². The number of esters is 1. The molecule has 0 heterocycles. The van der Waals surface area contributed by atoms with E-state index < -0.39 is 17.0 Å². The van der Waals surface area contributed by atoms with Gasteiger partial charge in [-0.05, 0) is 31.0 Å². The minimum absolute atomic E-state index is 0.00904. The van der Waals surface area contributed by atoms with Gasteiger partial charge in [-0.2, -0.15) is 0 Å². The smallest absolute Gasteiger partial charge is 0.316 e. The van der Waals surface area contributed by atoms with Gasteiger partial charge in [0.2, 0.25) is 5.78 Å². The highest BCUT2D eigenvalue weighted by atomic mass is 32.2. The zero-order valence-corrected chi connectivity index (χ0v) is 15.3. The molecule has 0 aromatic heterocycles. The maximum Gasteiger partial charge on any atom is 0.316 e. The minimum Gasteiger partial charge on any atom is -0.454 e. The zero-order valence-electron chi connectivity index (χ0n) is 14.5. The predicted octanol–water partition coefficient (Wildman–Crippen LogP) is 4.06. The number of carbonyl (C=O) groups is 2. The number of carbonyl (C=O) groups excluding carboxylic acids is 2. The van der Waals surface area contributed by atoms with Crippen LogP contribution in [0.4, 0.5) is 5.69 Å². The van der Waals surface area contributed by atoms with Crippen LogP contribution in [-0.4, -0.2) is 28.5 Å². The molecule has 0 N–H and O–H groups in total. The molecular formula is C19H19NO5S. The number of hydrogen-bond acceptors (Lipinski definition) is 6. The highest BCUT2D eigenvalue weighted by molar-refractivity contribution is 8.00. The van der Waals surface area contributed by atoms with E-state index in [-0.39, 0.29) is 17.2 Å². The van der Waals surface area contributed by atoms with Crippen molar-refractivity contribution in [1.29, 1.82) is 0 Å². The summed E-state index contributed by atoms with van der Waals surface area (Å²) in [6, 6.07) is 13.1. The van der Waals surface area contributed by atoms with Gasteiger partial charge in [-0.25, -0.2) is 0 Å². The Labute approximate surface area is 155 Å². The molecule has 7 heteroatoms. The van der Waals surface area contributed by atoms with Crippen LogP contribution in [0, 0.1) is 10.1 Å². The first-order chi connectivity index (χ1) is 12.4. The summed E-state index contributed by atoms with van der Waals surface area (Å²) in [7, 11) is 0. The number of Topliss-reactive ketones (excluding diaryl/α,β-unsaturated/α-hetero) is 1. The molecule has 2 rings (SSSR count). The van der Waals surface area contributed by atoms with Crippen molar-refractivity contribution in [3.63, 3.8) is 0 Å². The fourth-order valence-electron chi connectivity index (χ4n) is 2.23. The van der Waals surface area contributed by atoms with Gasteiger partial charge in [0.1, 0.15) is 0 Å². The Hall–Kier alpha value is -2.67. The van der Waals surface area contributed by atoms with Gasteiger partial charge in [0.05, 0.1) is 10.7 Å². The number of nitro groups is 1. The van der Waals surface area contributed by atoms with E-state index >= 15 is 0 Å². The second kappa shape index (κ2) is 9.15. The predicted molar refractivity (Wildman–Crippen MR) is 99.5 cm³/mol. The first-order valence-corrected chi connectivity index (χ1v) is 9.09. The van der Waals surface area contributed by atoms with Crippen LogP contribution < -0.4 is 0 Å². The summed E-state index contributed by atoms with van der Waals surface area (Å²) >= 11 is 1.19. The number of thioether (sulfide) groups is 1. The van der Waals surface area contributed by atoms with Crippen molar-refractivity contribution in [1.82, 2.24) is 0 Å². The normalized spacial score (nSPS) is 11.6. The van der Waals surface area contributed by atoms with Gasteiger partial charge in [0, 0.05) is 22.6 Å². The molecular weight excluding hydrogens is 354 g/mol. The summed E-state index contributed by atoms with van der Waals surface area (Å²) < 4.78 is 5.19. The van der Waals surface area contributed by atoms with Crippen molar-refractivity contribution < 1.29 is 19.2 Å². The second-order valence-corrected chi connectivity index (χ2v) is 6.64. The molecule has 0 aliphatic carbocycles. The highest BCUT2D eigenvalue weighted by Gasteiger charge is 2.19. The summed E-state index contributed by atoms with van der Waals surface area (Å²) in [4.78, 5) is 35.1. The second-order valence-electron chi connectivity index (χ2n) is 5.59. The van der Waals surface area contributed by atoms with Crippen LogP contribution in [0.3, 0.4) is 0 Å². The van der Waals surface area contributed by atoms with E-state index in [1.54, 1.807) is 31.2 Å². The number of ketones is 1. The summed E-state index contributed by atoms with van der Waals surface area (Å²) in [6.07, 6.45) is 0.0197. The Morgan fingerprint density at radius 3 is 2.27 bits per heavy atom. The quantitative estimate of drug-likeness (QED) is 0.228. The van der Waals surface area contributed by atoms with E-state index in [4.69, 9.17) is 4.74 Å². The minimum atomic E-state index is -0.868. The van der Waals surface area contributed by atoms with Gasteiger partial charge in [-0.3, -0.25) is 19.7 Å².